The summed E-state index contributed by atoms with van der Waals surface area (Å²) < 4.78 is 6.42. The maximum Gasteiger partial charge on any atom is 0.123 e. The quantitative estimate of drug-likeness (QED) is 0.381. The Hall–Kier alpha value is -1.84. The average molecular weight is 439 g/mol. The molecule has 3 atom stereocenters. The molecule has 3 heteroatoms. The fraction of sp³-hybridized carbons (Fsp3) is 0.586. The maximum absolute atomic E-state index is 10.4. The zero-order chi connectivity index (χ0) is 23.0. The number of aliphatic hydroxyl groups excluding tert-OH is 2. The summed E-state index contributed by atoms with van der Waals surface area (Å²) in [5.41, 5.74) is 3.66. The number of rotatable bonds is 11. The van der Waals surface area contributed by atoms with Crippen LogP contribution in [0.4, 0.5) is 0 Å². The molecule has 32 heavy (non-hydrogen) atoms. The molecule has 176 valence electrons. The molecule has 1 saturated carbocycles. The second-order valence-corrected chi connectivity index (χ2v) is 10.2. The Bertz CT molecular complexity index is 814. The molecule has 1 aliphatic rings. The Morgan fingerprint density at radius 2 is 1.78 bits per heavy atom. The Balaban J connectivity index is 1.87. The van der Waals surface area contributed by atoms with Gasteiger partial charge in [-0.3, -0.25) is 0 Å². The van der Waals surface area contributed by atoms with E-state index in [4.69, 9.17) is 4.74 Å². The van der Waals surface area contributed by atoms with Crippen molar-refractivity contribution in [2.75, 3.05) is 6.61 Å². The zero-order valence-corrected chi connectivity index (χ0v) is 20.2. The van der Waals surface area contributed by atoms with Crippen molar-refractivity contribution in [1.29, 1.82) is 0 Å². The third-order valence-electron chi connectivity index (χ3n) is 7.29. The lowest BCUT2D eigenvalue weighted by Crippen LogP contribution is -2.29. The van der Waals surface area contributed by atoms with Crippen LogP contribution in [0.2, 0.25) is 0 Å². The molecule has 1 fully saturated rings. The summed E-state index contributed by atoms with van der Waals surface area (Å²) in [7, 11) is 0. The van der Waals surface area contributed by atoms with E-state index in [1.165, 1.54) is 31.2 Å². The molecule has 2 aromatic carbocycles. The molecule has 2 N–H and O–H groups in total. The molecule has 0 amide bonds. The van der Waals surface area contributed by atoms with E-state index in [2.05, 4.69) is 51.1 Å². The summed E-state index contributed by atoms with van der Waals surface area (Å²) in [6.45, 7) is 7.58. The van der Waals surface area contributed by atoms with Crippen LogP contribution in [0.1, 0.15) is 94.7 Å². The number of unbranched alkanes of at least 4 members (excludes halogenated alkanes) is 3. The van der Waals surface area contributed by atoms with Crippen molar-refractivity contribution in [3.05, 3.63) is 65.2 Å². The van der Waals surface area contributed by atoms with Crippen molar-refractivity contribution >= 4 is 0 Å². The molecule has 1 aliphatic carbocycles. The largest absolute Gasteiger partial charge is 0.489 e. The minimum Gasteiger partial charge on any atom is -0.489 e. The molecular weight excluding hydrogens is 396 g/mol. The molecule has 0 bridgehead atoms. The molecule has 3 unspecified atom stereocenters. The Labute approximate surface area is 194 Å². The van der Waals surface area contributed by atoms with Crippen LogP contribution in [0.5, 0.6) is 5.75 Å². The van der Waals surface area contributed by atoms with Gasteiger partial charge in [-0.05, 0) is 65.7 Å². The van der Waals surface area contributed by atoms with Crippen LogP contribution in [0.25, 0.3) is 0 Å². The summed E-state index contributed by atoms with van der Waals surface area (Å²) in [5, 5.41) is 20.4. The monoisotopic (exact) mass is 438 g/mol. The highest BCUT2D eigenvalue weighted by Gasteiger charge is 2.33. The van der Waals surface area contributed by atoms with E-state index < -0.39 is 0 Å². The van der Waals surface area contributed by atoms with Crippen molar-refractivity contribution in [3.8, 4) is 5.75 Å². The van der Waals surface area contributed by atoms with Gasteiger partial charge in [0.25, 0.3) is 0 Å². The molecular formula is C29H42O3. The highest BCUT2D eigenvalue weighted by atomic mass is 16.5. The van der Waals surface area contributed by atoms with Gasteiger partial charge in [0, 0.05) is 6.61 Å². The van der Waals surface area contributed by atoms with Crippen LogP contribution in [0.15, 0.2) is 48.5 Å². The van der Waals surface area contributed by atoms with Crippen molar-refractivity contribution in [2.24, 2.45) is 5.92 Å². The number of benzene rings is 2. The van der Waals surface area contributed by atoms with Crippen LogP contribution in [-0.4, -0.2) is 22.9 Å². The van der Waals surface area contributed by atoms with Gasteiger partial charge in [-0.2, -0.15) is 0 Å². The molecule has 0 radical (unpaired) electrons. The molecule has 2 aromatic rings. The first kappa shape index (κ1) is 24.8. The van der Waals surface area contributed by atoms with Crippen molar-refractivity contribution in [3.63, 3.8) is 0 Å². The number of hydrogen-bond acceptors (Lipinski definition) is 3. The molecule has 3 nitrogen and oxygen atoms in total. The van der Waals surface area contributed by atoms with Gasteiger partial charge < -0.3 is 14.9 Å². The third-order valence-corrected chi connectivity index (χ3v) is 7.29. The topological polar surface area (TPSA) is 49.7 Å². The van der Waals surface area contributed by atoms with E-state index in [9.17, 15) is 10.2 Å². The highest BCUT2D eigenvalue weighted by Crippen LogP contribution is 2.43. The fourth-order valence-corrected chi connectivity index (χ4v) is 5.07. The summed E-state index contributed by atoms with van der Waals surface area (Å²) in [5.74, 6) is 1.20. The minimum absolute atomic E-state index is 0.0829. The SMILES string of the molecule is CCCCCCC(C)(C)c1ccc(C2CC(O)CCC2CO)c(OCc2ccccc2)c1. The van der Waals surface area contributed by atoms with Crippen LogP contribution in [0.3, 0.4) is 0 Å². The predicted octanol–water partition coefficient (Wildman–Crippen LogP) is 6.75. The minimum atomic E-state index is -0.306. The van der Waals surface area contributed by atoms with Crippen LogP contribution >= 0.6 is 0 Å². The van der Waals surface area contributed by atoms with Crippen LogP contribution in [0, 0.1) is 5.92 Å². The summed E-state index contributed by atoms with van der Waals surface area (Å²) in [6, 6.07) is 16.9. The lowest BCUT2D eigenvalue weighted by Gasteiger charge is -2.35. The van der Waals surface area contributed by atoms with Gasteiger partial charge in [-0.1, -0.05) is 88.9 Å². The second kappa shape index (κ2) is 11.9. The van der Waals surface area contributed by atoms with E-state index in [0.717, 1.165) is 36.1 Å². The molecule has 0 heterocycles. The normalized spacial score (nSPS) is 21.5. The van der Waals surface area contributed by atoms with Gasteiger partial charge >= 0.3 is 0 Å². The van der Waals surface area contributed by atoms with E-state index >= 15 is 0 Å². The second-order valence-electron chi connectivity index (χ2n) is 10.2. The molecule has 3 rings (SSSR count). The van der Waals surface area contributed by atoms with Gasteiger partial charge in [0.05, 0.1) is 6.10 Å². The first-order valence-corrected chi connectivity index (χ1v) is 12.5. The van der Waals surface area contributed by atoms with Crippen molar-refractivity contribution < 1.29 is 14.9 Å². The standard InChI is InChI=1S/C29H42O3/c1-4-5-6-10-17-29(2,3)24-14-16-26(27-19-25(31)15-13-23(27)20-30)28(18-24)32-21-22-11-8-7-9-12-22/h7-9,11-12,14,16,18,23,25,27,30-31H,4-6,10,13,15,17,19-21H2,1-3H3. The predicted molar refractivity (Wildman–Crippen MR) is 132 cm³/mol. The van der Waals surface area contributed by atoms with E-state index in [1.807, 2.05) is 18.2 Å². The van der Waals surface area contributed by atoms with E-state index in [-0.39, 0.29) is 30.0 Å². The van der Waals surface area contributed by atoms with Crippen molar-refractivity contribution in [1.82, 2.24) is 0 Å². The van der Waals surface area contributed by atoms with Gasteiger partial charge in [-0.25, -0.2) is 0 Å². The summed E-state index contributed by atoms with van der Waals surface area (Å²) in [6.07, 6.45) is 8.24. The van der Waals surface area contributed by atoms with Crippen molar-refractivity contribution in [2.45, 2.75) is 96.2 Å². The molecule has 0 aliphatic heterocycles. The number of aliphatic hydroxyl groups is 2. The molecule has 0 spiro atoms. The Morgan fingerprint density at radius 1 is 1.00 bits per heavy atom. The third kappa shape index (κ3) is 6.59. The van der Waals surface area contributed by atoms with Gasteiger partial charge in [-0.15, -0.1) is 0 Å². The summed E-state index contributed by atoms with van der Waals surface area (Å²) >= 11 is 0. The molecule has 0 aromatic heterocycles. The lowest BCUT2D eigenvalue weighted by molar-refractivity contribution is 0.0698. The lowest BCUT2D eigenvalue weighted by atomic mass is 9.73. The summed E-state index contributed by atoms with van der Waals surface area (Å²) in [4.78, 5) is 0. The maximum atomic E-state index is 10.4. The zero-order valence-electron chi connectivity index (χ0n) is 20.2. The van der Waals surface area contributed by atoms with E-state index in [1.54, 1.807) is 0 Å². The Kier molecular flexibility index (Phi) is 9.19. The van der Waals surface area contributed by atoms with Gasteiger partial charge in [0.1, 0.15) is 12.4 Å². The van der Waals surface area contributed by atoms with Gasteiger partial charge in [0.2, 0.25) is 0 Å². The number of hydrogen-bond donors (Lipinski definition) is 2. The highest BCUT2D eigenvalue weighted by molar-refractivity contribution is 5.43. The van der Waals surface area contributed by atoms with Gasteiger partial charge in [0.15, 0.2) is 0 Å². The first-order chi connectivity index (χ1) is 15.4. The molecule has 0 saturated heterocycles. The first-order valence-electron chi connectivity index (χ1n) is 12.5. The smallest absolute Gasteiger partial charge is 0.123 e. The Morgan fingerprint density at radius 3 is 2.50 bits per heavy atom. The average Bonchev–Trinajstić information content (AvgIpc) is 2.81. The van der Waals surface area contributed by atoms with E-state index in [0.29, 0.717) is 13.0 Å². The van der Waals surface area contributed by atoms with Crippen LogP contribution < -0.4 is 4.74 Å². The fourth-order valence-electron chi connectivity index (χ4n) is 5.07. The van der Waals surface area contributed by atoms with Crippen LogP contribution in [-0.2, 0) is 12.0 Å². The number of ether oxygens (including phenoxy) is 1.